The average molecular weight is 302 g/mol. The van der Waals surface area contributed by atoms with Crippen molar-refractivity contribution in [3.05, 3.63) is 22.6 Å². The number of rotatable bonds is 4. The fraction of sp³-hybridized carbons (Fsp3) is 0.583. The lowest BCUT2D eigenvalue weighted by atomic mass is 9.97. The maximum Gasteiger partial charge on any atom is 0.287 e. The van der Waals surface area contributed by atoms with E-state index in [1.165, 1.54) is 0 Å². The van der Waals surface area contributed by atoms with E-state index in [1.807, 2.05) is 0 Å². The van der Waals surface area contributed by atoms with Gasteiger partial charge in [0.15, 0.2) is 10.4 Å². The molecule has 0 bridgehead atoms. The van der Waals surface area contributed by atoms with Gasteiger partial charge in [0.25, 0.3) is 5.91 Å². The normalized spacial score (nSPS) is 23.9. The number of aliphatic hydroxyl groups excluding tert-OH is 1. The van der Waals surface area contributed by atoms with Gasteiger partial charge in [0, 0.05) is 13.2 Å². The Bertz CT molecular complexity index is 391. The molecule has 94 valence electrons. The molecule has 0 radical (unpaired) electrons. The van der Waals surface area contributed by atoms with E-state index in [2.05, 4.69) is 21.2 Å². The van der Waals surface area contributed by atoms with E-state index in [4.69, 9.17) is 4.42 Å². The molecule has 0 aliphatic heterocycles. The molecule has 2 unspecified atom stereocenters. The minimum atomic E-state index is -0.195. The highest BCUT2D eigenvalue weighted by atomic mass is 79.9. The molecular formula is C12H16BrNO3. The molecule has 1 fully saturated rings. The van der Waals surface area contributed by atoms with Crippen LogP contribution >= 0.6 is 15.9 Å². The van der Waals surface area contributed by atoms with E-state index in [0.717, 1.165) is 19.3 Å². The number of carbonyl (C=O) groups excluding carboxylic acids is 1. The van der Waals surface area contributed by atoms with Crippen molar-refractivity contribution in [2.75, 3.05) is 13.2 Å². The van der Waals surface area contributed by atoms with E-state index < -0.39 is 0 Å². The first-order valence-electron chi connectivity index (χ1n) is 5.85. The Hall–Kier alpha value is -0.810. The second-order valence-corrected chi connectivity index (χ2v) is 5.23. The highest BCUT2D eigenvalue weighted by Crippen LogP contribution is 2.30. The average Bonchev–Trinajstić information content (AvgIpc) is 2.94. The van der Waals surface area contributed by atoms with Gasteiger partial charge in [-0.25, -0.2) is 0 Å². The summed E-state index contributed by atoms with van der Waals surface area (Å²) < 4.78 is 5.72. The van der Waals surface area contributed by atoms with Gasteiger partial charge in [-0.15, -0.1) is 0 Å². The van der Waals surface area contributed by atoms with Gasteiger partial charge in [-0.2, -0.15) is 0 Å². The quantitative estimate of drug-likeness (QED) is 0.896. The lowest BCUT2D eigenvalue weighted by Crippen LogP contribution is -2.31. The molecule has 1 aromatic heterocycles. The van der Waals surface area contributed by atoms with Crippen LogP contribution in [0.2, 0.25) is 0 Å². The van der Waals surface area contributed by atoms with Crippen molar-refractivity contribution in [3.8, 4) is 0 Å². The lowest BCUT2D eigenvalue weighted by molar-refractivity contribution is 0.0909. The second-order valence-electron chi connectivity index (χ2n) is 4.45. The molecule has 0 aromatic carbocycles. The maximum atomic E-state index is 11.7. The number of nitrogens with one attached hydrogen (secondary N) is 1. The third kappa shape index (κ3) is 3.10. The Labute approximate surface area is 109 Å². The second kappa shape index (κ2) is 5.69. The summed E-state index contributed by atoms with van der Waals surface area (Å²) in [5.41, 5.74) is 0. The summed E-state index contributed by atoms with van der Waals surface area (Å²) in [5, 5.41) is 12.0. The van der Waals surface area contributed by atoms with E-state index in [9.17, 15) is 9.90 Å². The number of hydrogen-bond acceptors (Lipinski definition) is 3. The van der Waals surface area contributed by atoms with Crippen molar-refractivity contribution < 1.29 is 14.3 Å². The molecule has 0 spiro atoms. The predicted molar refractivity (Wildman–Crippen MR) is 66.7 cm³/mol. The molecule has 2 atom stereocenters. The van der Waals surface area contributed by atoms with E-state index in [-0.39, 0.29) is 12.5 Å². The van der Waals surface area contributed by atoms with E-state index >= 15 is 0 Å². The zero-order chi connectivity index (χ0) is 12.3. The minimum absolute atomic E-state index is 0.195. The summed E-state index contributed by atoms with van der Waals surface area (Å²) in [5.74, 6) is 0.843. The third-order valence-corrected chi connectivity index (χ3v) is 3.80. The molecular weight excluding hydrogens is 286 g/mol. The van der Waals surface area contributed by atoms with Crippen LogP contribution in [0.5, 0.6) is 0 Å². The number of halogens is 1. The van der Waals surface area contributed by atoms with Crippen LogP contribution in [0.25, 0.3) is 0 Å². The van der Waals surface area contributed by atoms with Gasteiger partial charge < -0.3 is 14.8 Å². The van der Waals surface area contributed by atoms with Crippen molar-refractivity contribution in [1.82, 2.24) is 5.32 Å². The van der Waals surface area contributed by atoms with Gasteiger partial charge in [-0.05, 0) is 52.7 Å². The molecule has 2 rings (SSSR count). The molecule has 1 saturated carbocycles. The Morgan fingerprint density at radius 2 is 2.24 bits per heavy atom. The lowest BCUT2D eigenvalue weighted by Gasteiger charge is -2.17. The molecule has 1 aliphatic carbocycles. The molecule has 1 aliphatic rings. The Morgan fingerprint density at radius 3 is 2.88 bits per heavy atom. The standard InChI is InChI=1S/C12H16BrNO3/c13-11-5-4-10(17-11)12(16)14-6-8-2-1-3-9(8)7-15/h4-5,8-9,15H,1-3,6-7H2,(H,14,16). The summed E-state index contributed by atoms with van der Waals surface area (Å²) >= 11 is 3.16. The number of furan rings is 1. The van der Waals surface area contributed by atoms with Crippen molar-refractivity contribution in [3.63, 3.8) is 0 Å². The Kier molecular flexibility index (Phi) is 4.23. The summed E-state index contributed by atoms with van der Waals surface area (Å²) in [4.78, 5) is 11.7. The number of hydrogen-bond donors (Lipinski definition) is 2. The van der Waals surface area contributed by atoms with Crippen LogP contribution in [0.1, 0.15) is 29.8 Å². The third-order valence-electron chi connectivity index (χ3n) is 3.37. The first-order valence-corrected chi connectivity index (χ1v) is 6.64. The fourth-order valence-corrected chi connectivity index (χ4v) is 2.68. The van der Waals surface area contributed by atoms with E-state index in [0.29, 0.717) is 28.8 Å². The van der Waals surface area contributed by atoms with Gasteiger partial charge >= 0.3 is 0 Å². The first kappa shape index (κ1) is 12.6. The molecule has 1 heterocycles. The highest BCUT2D eigenvalue weighted by Gasteiger charge is 2.27. The van der Waals surface area contributed by atoms with E-state index in [1.54, 1.807) is 12.1 Å². The SMILES string of the molecule is O=C(NCC1CCCC1CO)c1ccc(Br)o1. The molecule has 4 nitrogen and oxygen atoms in total. The number of aliphatic hydroxyl groups is 1. The van der Waals surface area contributed by atoms with Crippen LogP contribution in [0.4, 0.5) is 0 Å². The predicted octanol–water partition coefficient (Wildman–Crippen LogP) is 2.18. The largest absolute Gasteiger partial charge is 0.444 e. The zero-order valence-electron chi connectivity index (χ0n) is 9.49. The zero-order valence-corrected chi connectivity index (χ0v) is 11.1. The summed E-state index contributed by atoms with van der Waals surface area (Å²) in [6.45, 7) is 0.829. The number of carbonyl (C=O) groups is 1. The summed E-state index contributed by atoms with van der Waals surface area (Å²) in [6.07, 6.45) is 3.27. The Morgan fingerprint density at radius 1 is 1.47 bits per heavy atom. The topological polar surface area (TPSA) is 62.5 Å². The monoisotopic (exact) mass is 301 g/mol. The molecule has 1 aromatic rings. The van der Waals surface area contributed by atoms with Crippen LogP contribution < -0.4 is 5.32 Å². The van der Waals surface area contributed by atoms with Crippen LogP contribution in [-0.4, -0.2) is 24.2 Å². The van der Waals surface area contributed by atoms with Crippen LogP contribution in [0.15, 0.2) is 21.2 Å². The molecule has 17 heavy (non-hydrogen) atoms. The van der Waals surface area contributed by atoms with Crippen molar-refractivity contribution in [1.29, 1.82) is 0 Å². The van der Waals surface area contributed by atoms with Crippen LogP contribution in [0.3, 0.4) is 0 Å². The van der Waals surface area contributed by atoms with Gasteiger partial charge in [0.1, 0.15) is 0 Å². The summed E-state index contributed by atoms with van der Waals surface area (Å²) in [7, 11) is 0. The molecule has 2 N–H and O–H groups in total. The van der Waals surface area contributed by atoms with Gasteiger partial charge in [-0.3, -0.25) is 4.79 Å². The van der Waals surface area contributed by atoms with Gasteiger partial charge in [0.2, 0.25) is 0 Å². The van der Waals surface area contributed by atoms with Crippen molar-refractivity contribution in [2.45, 2.75) is 19.3 Å². The van der Waals surface area contributed by atoms with Crippen LogP contribution in [-0.2, 0) is 0 Å². The highest BCUT2D eigenvalue weighted by molar-refractivity contribution is 9.10. The van der Waals surface area contributed by atoms with Crippen LogP contribution in [0, 0.1) is 11.8 Å². The summed E-state index contributed by atoms with van der Waals surface area (Å²) in [6, 6.07) is 3.33. The van der Waals surface area contributed by atoms with Crippen molar-refractivity contribution in [2.24, 2.45) is 11.8 Å². The smallest absolute Gasteiger partial charge is 0.287 e. The molecule has 1 amide bonds. The fourth-order valence-electron chi connectivity index (χ4n) is 2.37. The van der Waals surface area contributed by atoms with Gasteiger partial charge in [-0.1, -0.05) is 6.42 Å². The molecule has 5 heteroatoms. The number of amides is 1. The minimum Gasteiger partial charge on any atom is -0.444 e. The first-order chi connectivity index (χ1) is 8.20. The van der Waals surface area contributed by atoms with Crippen molar-refractivity contribution >= 4 is 21.8 Å². The Balaban J connectivity index is 1.84. The van der Waals surface area contributed by atoms with Gasteiger partial charge in [0.05, 0.1) is 0 Å². The maximum absolute atomic E-state index is 11.7. The molecule has 0 saturated heterocycles.